The zero-order chi connectivity index (χ0) is 11.9. The van der Waals surface area contributed by atoms with Gasteiger partial charge < -0.3 is 5.11 Å². The number of rotatable bonds is 1. The highest BCUT2D eigenvalue weighted by atomic mass is 32.2. The SMILES string of the molecule is CC(C)C1SCc2c(F)cc(F)cc2C1O. The minimum atomic E-state index is -0.779. The van der Waals surface area contributed by atoms with Gasteiger partial charge in [-0.05, 0) is 17.5 Å². The summed E-state index contributed by atoms with van der Waals surface area (Å²) in [5, 5.41) is 10.1. The molecule has 2 unspecified atom stereocenters. The van der Waals surface area contributed by atoms with Crippen molar-refractivity contribution in [3.05, 3.63) is 34.9 Å². The first-order valence-corrected chi connectivity index (χ1v) is 6.33. The molecule has 0 aliphatic carbocycles. The zero-order valence-corrected chi connectivity index (χ0v) is 10.0. The molecule has 1 aromatic rings. The maximum Gasteiger partial charge on any atom is 0.130 e. The average Bonchev–Trinajstić information content (AvgIpc) is 2.19. The van der Waals surface area contributed by atoms with Gasteiger partial charge in [0.25, 0.3) is 0 Å². The topological polar surface area (TPSA) is 20.2 Å². The number of aliphatic hydroxyl groups excluding tert-OH is 1. The Balaban J connectivity index is 2.44. The summed E-state index contributed by atoms with van der Waals surface area (Å²) in [6.07, 6.45) is -0.779. The third-order valence-electron chi connectivity index (χ3n) is 2.90. The van der Waals surface area contributed by atoms with Crippen molar-refractivity contribution < 1.29 is 13.9 Å². The number of aliphatic hydroxyl groups is 1. The van der Waals surface area contributed by atoms with Crippen LogP contribution in [0.25, 0.3) is 0 Å². The molecular formula is C12H14F2OS. The molecule has 0 saturated heterocycles. The van der Waals surface area contributed by atoms with Crippen molar-refractivity contribution in [2.45, 2.75) is 31.0 Å². The van der Waals surface area contributed by atoms with Crippen molar-refractivity contribution in [1.29, 1.82) is 0 Å². The summed E-state index contributed by atoms with van der Waals surface area (Å²) in [5.41, 5.74) is 0.853. The van der Waals surface area contributed by atoms with Gasteiger partial charge >= 0.3 is 0 Å². The fourth-order valence-electron chi connectivity index (χ4n) is 2.04. The lowest BCUT2D eigenvalue weighted by atomic mass is 9.94. The summed E-state index contributed by atoms with van der Waals surface area (Å²) >= 11 is 1.53. The van der Waals surface area contributed by atoms with Crippen molar-refractivity contribution in [3.8, 4) is 0 Å². The quantitative estimate of drug-likeness (QED) is 0.818. The predicted molar refractivity (Wildman–Crippen MR) is 61.2 cm³/mol. The Hall–Kier alpha value is -0.610. The van der Waals surface area contributed by atoms with E-state index in [1.165, 1.54) is 17.8 Å². The molecule has 4 heteroatoms. The fraction of sp³-hybridized carbons (Fsp3) is 0.500. The van der Waals surface area contributed by atoms with Gasteiger partial charge in [0.05, 0.1) is 6.10 Å². The van der Waals surface area contributed by atoms with Crippen LogP contribution in [0.1, 0.15) is 31.1 Å². The van der Waals surface area contributed by atoms with Crippen LogP contribution in [0, 0.1) is 17.6 Å². The molecule has 0 fully saturated rings. The monoisotopic (exact) mass is 244 g/mol. The highest BCUT2D eigenvalue weighted by molar-refractivity contribution is 7.99. The number of hydrogen-bond donors (Lipinski definition) is 1. The van der Waals surface area contributed by atoms with Crippen LogP contribution in [0.15, 0.2) is 12.1 Å². The van der Waals surface area contributed by atoms with Crippen molar-refractivity contribution in [2.24, 2.45) is 5.92 Å². The molecule has 0 saturated carbocycles. The van der Waals surface area contributed by atoms with Crippen LogP contribution in [0.3, 0.4) is 0 Å². The fourth-order valence-corrected chi connectivity index (χ4v) is 3.42. The first-order chi connectivity index (χ1) is 7.50. The van der Waals surface area contributed by atoms with Gasteiger partial charge in [-0.25, -0.2) is 8.78 Å². The Labute approximate surface area is 97.9 Å². The molecule has 1 heterocycles. The van der Waals surface area contributed by atoms with E-state index >= 15 is 0 Å². The maximum absolute atomic E-state index is 13.5. The number of fused-ring (bicyclic) bond motifs is 1. The largest absolute Gasteiger partial charge is 0.387 e. The third-order valence-corrected chi connectivity index (χ3v) is 4.54. The lowest BCUT2D eigenvalue weighted by Crippen LogP contribution is -2.26. The molecule has 1 nitrogen and oxygen atoms in total. The molecule has 0 amide bonds. The molecule has 1 aromatic carbocycles. The summed E-state index contributed by atoms with van der Waals surface area (Å²) in [7, 11) is 0. The molecule has 88 valence electrons. The summed E-state index contributed by atoms with van der Waals surface area (Å²) in [4.78, 5) is 0. The normalized spacial score (nSPS) is 24.6. The molecule has 0 radical (unpaired) electrons. The summed E-state index contributed by atoms with van der Waals surface area (Å²) < 4.78 is 26.6. The highest BCUT2D eigenvalue weighted by Crippen LogP contribution is 2.42. The Morgan fingerprint density at radius 3 is 2.69 bits per heavy atom. The van der Waals surface area contributed by atoms with E-state index in [4.69, 9.17) is 0 Å². The van der Waals surface area contributed by atoms with Crippen LogP contribution < -0.4 is 0 Å². The number of halogens is 2. The second kappa shape index (κ2) is 4.34. The van der Waals surface area contributed by atoms with E-state index in [1.54, 1.807) is 0 Å². The van der Waals surface area contributed by atoms with E-state index in [-0.39, 0.29) is 11.2 Å². The van der Waals surface area contributed by atoms with E-state index < -0.39 is 17.7 Å². The Bertz CT molecular complexity index is 406. The van der Waals surface area contributed by atoms with Gasteiger partial charge in [-0.15, -0.1) is 0 Å². The van der Waals surface area contributed by atoms with E-state index in [9.17, 15) is 13.9 Å². The molecule has 0 aromatic heterocycles. The van der Waals surface area contributed by atoms with E-state index in [0.717, 1.165) is 6.07 Å². The van der Waals surface area contributed by atoms with Crippen LogP contribution in [-0.2, 0) is 5.75 Å². The van der Waals surface area contributed by atoms with Crippen molar-refractivity contribution >= 4 is 11.8 Å². The van der Waals surface area contributed by atoms with Crippen LogP contribution in [0.2, 0.25) is 0 Å². The van der Waals surface area contributed by atoms with Gasteiger partial charge in [-0.2, -0.15) is 11.8 Å². The first-order valence-electron chi connectivity index (χ1n) is 5.28. The number of hydrogen-bond acceptors (Lipinski definition) is 2. The smallest absolute Gasteiger partial charge is 0.130 e. The van der Waals surface area contributed by atoms with Gasteiger partial charge in [0.1, 0.15) is 11.6 Å². The van der Waals surface area contributed by atoms with Crippen LogP contribution in [0.4, 0.5) is 8.78 Å². The Kier molecular flexibility index (Phi) is 3.22. The van der Waals surface area contributed by atoms with E-state index in [1.807, 2.05) is 13.8 Å². The first kappa shape index (κ1) is 11.9. The van der Waals surface area contributed by atoms with Gasteiger partial charge in [0.15, 0.2) is 0 Å². The molecule has 0 bridgehead atoms. The maximum atomic E-state index is 13.5. The minimum absolute atomic E-state index is 0.00806. The number of thioether (sulfide) groups is 1. The van der Waals surface area contributed by atoms with Gasteiger partial charge in [0.2, 0.25) is 0 Å². The molecule has 16 heavy (non-hydrogen) atoms. The zero-order valence-electron chi connectivity index (χ0n) is 9.21. The van der Waals surface area contributed by atoms with Crippen molar-refractivity contribution in [1.82, 2.24) is 0 Å². The van der Waals surface area contributed by atoms with E-state index in [2.05, 4.69) is 0 Å². The van der Waals surface area contributed by atoms with Crippen LogP contribution >= 0.6 is 11.8 Å². The molecule has 1 N–H and O–H groups in total. The molecule has 2 rings (SSSR count). The van der Waals surface area contributed by atoms with Crippen LogP contribution in [0.5, 0.6) is 0 Å². The molecule has 1 aliphatic heterocycles. The van der Waals surface area contributed by atoms with Gasteiger partial charge in [-0.1, -0.05) is 13.8 Å². The van der Waals surface area contributed by atoms with E-state index in [0.29, 0.717) is 16.9 Å². The lowest BCUT2D eigenvalue weighted by Gasteiger charge is -2.32. The van der Waals surface area contributed by atoms with Gasteiger partial charge in [-0.3, -0.25) is 0 Å². The van der Waals surface area contributed by atoms with Crippen molar-refractivity contribution in [2.75, 3.05) is 0 Å². The number of benzene rings is 1. The Morgan fingerprint density at radius 1 is 1.38 bits per heavy atom. The molecule has 0 spiro atoms. The Morgan fingerprint density at radius 2 is 2.06 bits per heavy atom. The second-order valence-electron chi connectivity index (χ2n) is 4.42. The second-order valence-corrected chi connectivity index (χ2v) is 5.59. The van der Waals surface area contributed by atoms with Crippen LogP contribution in [-0.4, -0.2) is 10.4 Å². The molecule has 2 atom stereocenters. The highest BCUT2D eigenvalue weighted by Gasteiger charge is 2.32. The third kappa shape index (κ3) is 1.96. The molecule has 1 aliphatic rings. The predicted octanol–water partition coefficient (Wildman–Crippen LogP) is 3.27. The standard InChI is InChI=1S/C12H14F2OS/c1-6(2)12-11(15)8-3-7(13)4-10(14)9(8)5-16-12/h3-4,6,11-12,15H,5H2,1-2H3. The minimum Gasteiger partial charge on any atom is -0.387 e. The van der Waals surface area contributed by atoms with Gasteiger partial charge in [0, 0.05) is 22.6 Å². The summed E-state index contributed by atoms with van der Waals surface area (Å²) in [6, 6.07) is 2.12. The summed E-state index contributed by atoms with van der Waals surface area (Å²) in [5.74, 6) is -0.394. The van der Waals surface area contributed by atoms with Crippen molar-refractivity contribution in [3.63, 3.8) is 0 Å². The summed E-state index contributed by atoms with van der Waals surface area (Å²) in [6.45, 7) is 4.00. The average molecular weight is 244 g/mol. The lowest BCUT2D eigenvalue weighted by molar-refractivity contribution is 0.154. The molecular weight excluding hydrogens is 230 g/mol.